The lowest BCUT2D eigenvalue weighted by molar-refractivity contribution is 0.408. The zero-order valence-electron chi connectivity index (χ0n) is 12.8. The number of nitrogens with one attached hydrogen (secondary N) is 1. The lowest BCUT2D eigenvalue weighted by Crippen LogP contribution is -2.22. The number of nitrogens with zero attached hydrogens (tertiary/aromatic N) is 1. The van der Waals surface area contributed by atoms with E-state index in [0.29, 0.717) is 6.54 Å². The van der Waals surface area contributed by atoms with E-state index in [2.05, 4.69) is 18.3 Å². The summed E-state index contributed by atoms with van der Waals surface area (Å²) in [5, 5.41) is 3.30. The fraction of sp³-hybridized carbons (Fsp3) is 0.353. The molecule has 2 rings (SSSR count). The minimum atomic E-state index is 0.0386. The molecule has 0 unspecified atom stereocenters. The predicted molar refractivity (Wildman–Crippen MR) is 84.9 cm³/mol. The maximum absolute atomic E-state index is 12.1. The smallest absolute Gasteiger partial charge is 0.253 e. The Morgan fingerprint density at radius 1 is 1.29 bits per heavy atom. The van der Waals surface area contributed by atoms with Gasteiger partial charge in [-0.05, 0) is 37.2 Å². The van der Waals surface area contributed by atoms with Gasteiger partial charge in [-0.1, -0.05) is 19.1 Å². The van der Waals surface area contributed by atoms with Crippen LogP contribution in [0.1, 0.15) is 23.6 Å². The summed E-state index contributed by atoms with van der Waals surface area (Å²) in [6, 6.07) is 9.83. The van der Waals surface area contributed by atoms with Crippen LogP contribution in [0.25, 0.3) is 0 Å². The molecule has 1 aromatic heterocycles. The average Bonchev–Trinajstić information content (AvgIpc) is 2.50. The quantitative estimate of drug-likeness (QED) is 0.886. The van der Waals surface area contributed by atoms with Crippen molar-refractivity contribution in [2.45, 2.75) is 26.9 Å². The molecular formula is C17H22N2O2. The highest BCUT2D eigenvalue weighted by molar-refractivity contribution is 5.37. The molecule has 21 heavy (non-hydrogen) atoms. The molecule has 1 aromatic carbocycles. The fourth-order valence-electron chi connectivity index (χ4n) is 2.30. The maximum Gasteiger partial charge on any atom is 0.253 e. The molecule has 112 valence electrons. The van der Waals surface area contributed by atoms with Crippen molar-refractivity contribution in [3.63, 3.8) is 0 Å². The first-order chi connectivity index (χ1) is 10.2. The van der Waals surface area contributed by atoms with Gasteiger partial charge in [0.1, 0.15) is 5.75 Å². The lowest BCUT2D eigenvalue weighted by Gasteiger charge is -2.13. The Balaban J connectivity index is 2.32. The van der Waals surface area contributed by atoms with Crippen LogP contribution in [-0.2, 0) is 13.1 Å². The van der Waals surface area contributed by atoms with E-state index >= 15 is 0 Å². The van der Waals surface area contributed by atoms with Gasteiger partial charge in [0.05, 0.1) is 13.7 Å². The van der Waals surface area contributed by atoms with Gasteiger partial charge in [0.15, 0.2) is 0 Å². The van der Waals surface area contributed by atoms with Crippen LogP contribution >= 0.6 is 0 Å². The second-order valence-electron chi connectivity index (χ2n) is 5.05. The fourth-order valence-corrected chi connectivity index (χ4v) is 2.30. The van der Waals surface area contributed by atoms with Crippen molar-refractivity contribution < 1.29 is 4.74 Å². The van der Waals surface area contributed by atoms with Crippen molar-refractivity contribution in [2.24, 2.45) is 0 Å². The molecule has 1 heterocycles. The Morgan fingerprint density at radius 2 is 2.10 bits per heavy atom. The molecule has 0 saturated heterocycles. The van der Waals surface area contributed by atoms with E-state index in [1.165, 1.54) is 5.56 Å². The zero-order chi connectivity index (χ0) is 15.2. The number of hydrogen-bond donors (Lipinski definition) is 1. The van der Waals surface area contributed by atoms with Gasteiger partial charge in [-0.15, -0.1) is 0 Å². The van der Waals surface area contributed by atoms with E-state index in [9.17, 15) is 4.79 Å². The number of aromatic nitrogens is 1. The number of rotatable bonds is 6. The highest BCUT2D eigenvalue weighted by atomic mass is 16.5. The first-order valence-electron chi connectivity index (χ1n) is 7.18. The third kappa shape index (κ3) is 3.73. The van der Waals surface area contributed by atoms with Crippen LogP contribution in [0.15, 0.2) is 41.3 Å². The average molecular weight is 286 g/mol. The summed E-state index contributed by atoms with van der Waals surface area (Å²) >= 11 is 0. The summed E-state index contributed by atoms with van der Waals surface area (Å²) in [6.07, 6.45) is 1.81. The molecule has 0 bridgehead atoms. The Hall–Kier alpha value is -2.07. The standard InChI is InChI=1S/C17H22N2O2/c1-4-18-11-14-7-8-16(21-3)15(10-14)12-19-9-5-6-13(2)17(19)20/h5-10,18H,4,11-12H2,1-3H3. The molecule has 0 fully saturated rings. The van der Waals surface area contributed by atoms with E-state index in [1.54, 1.807) is 11.7 Å². The topological polar surface area (TPSA) is 43.3 Å². The van der Waals surface area contributed by atoms with Crippen LogP contribution in [0.5, 0.6) is 5.75 Å². The van der Waals surface area contributed by atoms with Crippen LogP contribution in [0.3, 0.4) is 0 Å². The van der Waals surface area contributed by atoms with Gasteiger partial charge in [0, 0.05) is 23.9 Å². The minimum Gasteiger partial charge on any atom is -0.496 e. The molecule has 0 amide bonds. The van der Waals surface area contributed by atoms with Crippen molar-refractivity contribution in [1.82, 2.24) is 9.88 Å². The molecular weight excluding hydrogens is 264 g/mol. The third-order valence-electron chi connectivity index (χ3n) is 3.48. The largest absolute Gasteiger partial charge is 0.496 e. The summed E-state index contributed by atoms with van der Waals surface area (Å²) in [5.41, 5.74) is 2.99. The second-order valence-corrected chi connectivity index (χ2v) is 5.05. The van der Waals surface area contributed by atoms with Gasteiger partial charge in [0.25, 0.3) is 5.56 Å². The third-order valence-corrected chi connectivity index (χ3v) is 3.48. The van der Waals surface area contributed by atoms with Crippen LogP contribution in [-0.4, -0.2) is 18.2 Å². The number of benzene rings is 1. The van der Waals surface area contributed by atoms with Gasteiger partial charge in [0.2, 0.25) is 0 Å². The monoisotopic (exact) mass is 286 g/mol. The highest BCUT2D eigenvalue weighted by Crippen LogP contribution is 2.20. The van der Waals surface area contributed by atoms with Crippen LogP contribution < -0.4 is 15.6 Å². The molecule has 0 aliphatic rings. The molecule has 4 heteroatoms. The van der Waals surface area contributed by atoms with Crippen molar-refractivity contribution >= 4 is 0 Å². The van der Waals surface area contributed by atoms with Crippen LogP contribution in [0, 0.1) is 6.92 Å². The van der Waals surface area contributed by atoms with E-state index in [-0.39, 0.29) is 5.56 Å². The number of hydrogen-bond acceptors (Lipinski definition) is 3. The summed E-state index contributed by atoms with van der Waals surface area (Å²) < 4.78 is 7.12. The molecule has 0 saturated carbocycles. The summed E-state index contributed by atoms with van der Waals surface area (Å²) in [4.78, 5) is 12.1. The Kier molecular flexibility index (Phi) is 5.17. The Labute approximate surface area is 125 Å². The number of aryl methyl sites for hydroxylation is 1. The van der Waals surface area contributed by atoms with Crippen molar-refractivity contribution in [1.29, 1.82) is 0 Å². The van der Waals surface area contributed by atoms with Crippen LogP contribution in [0.2, 0.25) is 0 Å². The lowest BCUT2D eigenvalue weighted by atomic mass is 10.1. The predicted octanol–water partition coefficient (Wildman–Crippen LogP) is 2.32. The molecule has 2 aromatic rings. The second kappa shape index (κ2) is 7.09. The zero-order valence-corrected chi connectivity index (χ0v) is 12.8. The van der Waals surface area contributed by atoms with E-state index in [4.69, 9.17) is 4.74 Å². The summed E-state index contributed by atoms with van der Waals surface area (Å²) in [5.74, 6) is 0.809. The van der Waals surface area contributed by atoms with E-state index in [0.717, 1.165) is 30.0 Å². The van der Waals surface area contributed by atoms with Crippen molar-refractivity contribution in [3.8, 4) is 5.75 Å². The van der Waals surface area contributed by atoms with Crippen LogP contribution in [0.4, 0.5) is 0 Å². The van der Waals surface area contributed by atoms with Gasteiger partial charge >= 0.3 is 0 Å². The van der Waals surface area contributed by atoms with Gasteiger partial charge in [-0.2, -0.15) is 0 Å². The molecule has 0 aliphatic heterocycles. The van der Waals surface area contributed by atoms with Gasteiger partial charge < -0.3 is 14.6 Å². The number of ether oxygens (including phenoxy) is 1. The highest BCUT2D eigenvalue weighted by Gasteiger charge is 2.07. The first kappa shape index (κ1) is 15.3. The molecule has 0 radical (unpaired) electrons. The van der Waals surface area contributed by atoms with Gasteiger partial charge in [-0.3, -0.25) is 4.79 Å². The molecule has 0 aliphatic carbocycles. The SMILES string of the molecule is CCNCc1ccc(OC)c(Cn2cccc(C)c2=O)c1. The summed E-state index contributed by atoms with van der Waals surface area (Å²) in [7, 11) is 1.65. The first-order valence-corrected chi connectivity index (χ1v) is 7.18. The normalized spacial score (nSPS) is 10.6. The van der Waals surface area contributed by atoms with E-state index < -0.39 is 0 Å². The van der Waals surface area contributed by atoms with Crippen molar-refractivity contribution in [3.05, 3.63) is 63.6 Å². The Morgan fingerprint density at radius 3 is 2.81 bits per heavy atom. The molecule has 4 nitrogen and oxygen atoms in total. The molecule has 0 atom stereocenters. The van der Waals surface area contributed by atoms with E-state index in [1.807, 2.05) is 37.4 Å². The number of methoxy groups -OCH3 is 1. The Bertz CT molecular complexity index is 662. The molecule has 0 spiro atoms. The maximum atomic E-state index is 12.1. The van der Waals surface area contributed by atoms with Crippen molar-refractivity contribution in [2.75, 3.05) is 13.7 Å². The number of pyridine rings is 1. The van der Waals surface area contributed by atoms with Gasteiger partial charge in [-0.25, -0.2) is 0 Å². The minimum absolute atomic E-state index is 0.0386. The molecule has 1 N–H and O–H groups in total. The summed E-state index contributed by atoms with van der Waals surface area (Å²) in [6.45, 7) is 6.17.